The second kappa shape index (κ2) is 4.80. The van der Waals surface area contributed by atoms with Gasteiger partial charge in [0.2, 0.25) is 0 Å². The Morgan fingerprint density at radius 3 is 2.82 bits per heavy atom. The minimum absolute atomic E-state index is 0.172. The first kappa shape index (κ1) is 12.0. The number of thiol groups is 1. The second-order valence-electron chi connectivity index (χ2n) is 3.81. The summed E-state index contributed by atoms with van der Waals surface area (Å²) in [7, 11) is 0. The van der Waals surface area contributed by atoms with Crippen LogP contribution in [0, 0.1) is 11.3 Å². The van der Waals surface area contributed by atoms with Gasteiger partial charge in [-0.15, -0.1) is 0 Å². The van der Waals surface area contributed by atoms with Crippen molar-refractivity contribution in [3.8, 4) is 6.07 Å². The zero-order valence-electron chi connectivity index (χ0n) is 8.96. The quantitative estimate of drug-likeness (QED) is 0.619. The summed E-state index contributed by atoms with van der Waals surface area (Å²) in [5, 5.41) is 29.1. The first-order valence-corrected chi connectivity index (χ1v) is 5.78. The van der Waals surface area contributed by atoms with E-state index in [1.807, 2.05) is 6.07 Å². The molecule has 1 heterocycles. The van der Waals surface area contributed by atoms with Gasteiger partial charge in [0.05, 0.1) is 17.7 Å². The van der Waals surface area contributed by atoms with Crippen molar-refractivity contribution in [1.29, 1.82) is 5.26 Å². The Hall–Kier alpha value is -1.48. The van der Waals surface area contributed by atoms with Crippen LogP contribution in [0.5, 0.6) is 0 Å². The highest BCUT2D eigenvalue weighted by atomic mass is 32.1. The lowest BCUT2D eigenvalue weighted by Gasteiger charge is -2.14. The van der Waals surface area contributed by atoms with Gasteiger partial charge in [-0.25, -0.2) is 0 Å². The summed E-state index contributed by atoms with van der Waals surface area (Å²) in [6.07, 6.45) is -0.290. The maximum Gasteiger partial charge on any atom is 0.108 e. The van der Waals surface area contributed by atoms with Gasteiger partial charge in [0.25, 0.3) is 0 Å². The maximum absolute atomic E-state index is 9.94. The maximum atomic E-state index is 9.94. The molecule has 0 aliphatic rings. The summed E-state index contributed by atoms with van der Waals surface area (Å²) in [4.78, 5) is 2.99. The van der Waals surface area contributed by atoms with E-state index in [9.17, 15) is 10.2 Å². The molecule has 3 N–H and O–H groups in total. The van der Waals surface area contributed by atoms with Gasteiger partial charge in [0.15, 0.2) is 0 Å². The molecule has 1 aromatic heterocycles. The molecule has 0 saturated heterocycles. The molecular weight excluding hydrogens is 236 g/mol. The van der Waals surface area contributed by atoms with E-state index in [-0.39, 0.29) is 5.75 Å². The minimum atomic E-state index is -1.00. The molecule has 0 aliphatic carbocycles. The van der Waals surface area contributed by atoms with E-state index in [2.05, 4.69) is 17.6 Å². The molecule has 2 rings (SSSR count). The first-order chi connectivity index (χ1) is 8.17. The number of aliphatic hydroxyl groups excluding tert-OH is 2. The fraction of sp³-hybridized carbons (Fsp3) is 0.250. The number of nitriles is 1. The molecular formula is C12H12N2O2S. The van der Waals surface area contributed by atoms with Crippen LogP contribution in [0.1, 0.15) is 17.2 Å². The highest BCUT2D eigenvalue weighted by Crippen LogP contribution is 2.27. The summed E-state index contributed by atoms with van der Waals surface area (Å²) in [6, 6.07) is 7.21. The van der Waals surface area contributed by atoms with Crippen molar-refractivity contribution in [3.05, 3.63) is 35.5 Å². The van der Waals surface area contributed by atoms with Gasteiger partial charge in [0.1, 0.15) is 6.10 Å². The van der Waals surface area contributed by atoms with Crippen molar-refractivity contribution in [3.63, 3.8) is 0 Å². The van der Waals surface area contributed by atoms with Gasteiger partial charge in [0, 0.05) is 28.4 Å². The molecule has 0 fully saturated rings. The number of fused-ring (bicyclic) bond motifs is 1. The lowest BCUT2D eigenvalue weighted by Crippen LogP contribution is -2.19. The number of H-pyrrole nitrogens is 1. The first-order valence-electron chi connectivity index (χ1n) is 5.15. The number of aliphatic hydroxyl groups is 2. The van der Waals surface area contributed by atoms with E-state index in [4.69, 9.17) is 5.26 Å². The fourth-order valence-electron chi connectivity index (χ4n) is 1.76. The third kappa shape index (κ3) is 2.15. The fourth-order valence-corrected chi connectivity index (χ4v) is 1.96. The Balaban J connectivity index is 2.51. The van der Waals surface area contributed by atoms with Crippen molar-refractivity contribution in [1.82, 2.24) is 4.98 Å². The Morgan fingerprint density at radius 1 is 1.41 bits per heavy atom. The molecule has 17 heavy (non-hydrogen) atoms. The van der Waals surface area contributed by atoms with Gasteiger partial charge in [-0.1, -0.05) is 0 Å². The minimum Gasteiger partial charge on any atom is -0.389 e. The molecule has 0 aliphatic heterocycles. The van der Waals surface area contributed by atoms with Crippen molar-refractivity contribution in [2.45, 2.75) is 12.2 Å². The highest BCUT2D eigenvalue weighted by molar-refractivity contribution is 7.80. The number of hydrogen-bond donors (Lipinski definition) is 4. The van der Waals surface area contributed by atoms with Crippen molar-refractivity contribution in [2.75, 3.05) is 5.75 Å². The molecule has 0 saturated carbocycles. The smallest absolute Gasteiger partial charge is 0.108 e. The van der Waals surface area contributed by atoms with Gasteiger partial charge < -0.3 is 15.2 Å². The van der Waals surface area contributed by atoms with E-state index >= 15 is 0 Å². The SMILES string of the molecule is N#Cc1ccc2[nH]cc(C(O)C(O)CS)c2c1. The Bertz CT molecular complexity index is 573. The van der Waals surface area contributed by atoms with Crippen LogP contribution < -0.4 is 0 Å². The van der Waals surface area contributed by atoms with Crippen LogP contribution in [-0.4, -0.2) is 27.1 Å². The highest BCUT2D eigenvalue weighted by Gasteiger charge is 2.20. The molecule has 0 spiro atoms. The number of nitrogens with one attached hydrogen (secondary N) is 1. The molecule has 4 nitrogen and oxygen atoms in total. The van der Waals surface area contributed by atoms with Gasteiger partial charge >= 0.3 is 0 Å². The normalized spacial score (nSPS) is 14.5. The van der Waals surface area contributed by atoms with E-state index in [1.165, 1.54) is 0 Å². The van der Waals surface area contributed by atoms with Gasteiger partial charge in [-0.05, 0) is 18.2 Å². The molecule has 1 aromatic carbocycles. The molecule has 5 heteroatoms. The van der Waals surface area contributed by atoms with Crippen LogP contribution in [0.2, 0.25) is 0 Å². The number of aromatic amines is 1. The molecule has 0 bridgehead atoms. The molecule has 0 amide bonds. The topological polar surface area (TPSA) is 80.0 Å². The summed E-state index contributed by atoms with van der Waals surface area (Å²) >= 11 is 3.95. The average molecular weight is 248 g/mol. The third-order valence-corrected chi connectivity index (χ3v) is 3.09. The lowest BCUT2D eigenvalue weighted by atomic mass is 10.0. The Kier molecular flexibility index (Phi) is 3.38. The summed E-state index contributed by atoms with van der Waals surface area (Å²) < 4.78 is 0. The van der Waals surface area contributed by atoms with Crippen LogP contribution in [0.25, 0.3) is 10.9 Å². The molecule has 2 atom stereocenters. The monoisotopic (exact) mass is 248 g/mol. The van der Waals surface area contributed by atoms with Gasteiger partial charge in [-0.3, -0.25) is 0 Å². The molecule has 0 radical (unpaired) electrons. The number of rotatable bonds is 3. The lowest BCUT2D eigenvalue weighted by molar-refractivity contribution is 0.0347. The third-order valence-electron chi connectivity index (χ3n) is 2.71. The van der Waals surface area contributed by atoms with Crippen LogP contribution in [0.3, 0.4) is 0 Å². The summed E-state index contributed by atoms with van der Waals surface area (Å²) in [6.45, 7) is 0. The number of aromatic nitrogens is 1. The predicted molar refractivity (Wildman–Crippen MR) is 67.8 cm³/mol. The summed E-state index contributed by atoms with van der Waals surface area (Å²) in [5.74, 6) is 0.172. The van der Waals surface area contributed by atoms with Crippen LogP contribution in [0.4, 0.5) is 0 Å². The van der Waals surface area contributed by atoms with E-state index < -0.39 is 12.2 Å². The Labute approximate surface area is 104 Å². The average Bonchev–Trinajstić information content (AvgIpc) is 2.79. The zero-order chi connectivity index (χ0) is 12.4. The van der Waals surface area contributed by atoms with E-state index in [0.717, 1.165) is 10.9 Å². The number of nitrogens with zero attached hydrogens (tertiary/aromatic N) is 1. The number of benzene rings is 1. The van der Waals surface area contributed by atoms with Crippen LogP contribution in [-0.2, 0) is 0 Å². The van der Waals surface area contributed by atoms with Crippen LogP contribution in [0.15, 0.2) is 24.4 Å². The standard InChI is InChI=1S/C12H12N2O2S/c13-4-7-1-2-10-8(3-7)9(5-14-10)12(16)11(15)6-17/h1-3,5,11-12,14-17H,6H2. The Morgan fingerprint density at radius 2 is 2.18 bits per heavy atom. The van der Waals surface area contributed by atoms with E-state index in [0.29, 0.717) is 11.1 Å². The van der Waals surface area contributed by atoms with Crippen LogP contribution >= 0.6 is 12.6 Å². The molecule has 2 aromatic rings. The van der Waals surface area contributed by atoms with E-state index in [1.54, 1.807) is 24.4 Å². The van der Waals surface area contributed by atoms with Crippen molar-refractivity contribution < 1.29 is 10.2 Å². The molecule has 88 valence electrons. The van der Waals surface area contributed by atoms with Crippen molar-refractivity contribution >= 4 is 23.5 Å². The van der Waals surface area contributed by atoms with Crippen molar-refractivity contribution in [2.24, 2.45) is 0 Å². The largest absolute Gasteiger partial charge is 0.389 e. The second-order valence-corrected chi connectivity index (χ2v) is 4.18. The predicted octanol–water partition coefficient (Wildman–Crippen LogP) is 1.36. The zero-order valence-corrected chi connectivity index (χ0v) is 9.85. The molecule has 2 unspecified atom stereocenters. The summed E-state index contributed by atoms with van der Waals surface area (Å²) in [5.41, 5.74) is 1.92. The van der Waals surface area contributed by atoms with Gasteiger partial charge in [-0.2, -0.15) is 17.9 Å². The number of hydrogen-bond acceptors (Lipinski definition) is 4.